The van der Waals surface area contributed by atoms with E-state index in [4.69, 9.17) is 0 Å². The van der Waals surface area contributed by atoms with Crippen molar-refractivity contribution >= 4 is 5.91 Å². The van der Waals surface area contributed by atoms with E-state index < -0.39 is 0 Å². The topological polar surface area (TPSA) is 41.4 Å². The van der Waals surface area contributed by atoms with Crippen molar-refractivity contribution in [3.8, 4) is 0 Å². The Morgan fingerprint density at radius 3 is 2.15 bits per heavy atom. The third kappa shape index (κ3) is 4.44. The van der Waals surface area contributed by atoms with Crippen LogP contribution in [0.25, 0.3) is 0 Å². The number of nitrogens with zero attached hydrogens (tertiary/aromatic N) is 4. The predicted octanol–water partition coefficient (Wildman–Crippen LogP) is 2.78. The number of piperazine rings is 1. The van der Waals surface area contributed by atoms with Crippen molar-refractivity contribution in [2.24, 2.45) is 0 Å². The van der Waals surface area contributed by atoms with Gasteiger partial charge in [-0.3, -0.25) is 9.69 Å². The van der Waals surface area contributed by atoms with Gasteiger partial charge in [-0.1, -0.05) is 60.7 Å². The van der Waals surface area contributed by atoms with Gasteiger partial charge >= 0.3 is 0 Å². The number of rotatable bonds is 6. The number of aromatic nitrogens is 2. The van der Waals surface area contributed by atoms with Crippen molar-refractivity contribution in [2.45, 2.75) is 19.6 Å². The second-order valence-electron chi connectivity index (χ2n) is 7.01. The summed E-state index contributed by atoms with van der Waals surface area (Å²) in [6.07, 6.45) is 3.78. The molecular weight excluding hydrogens is 336 g/mol. The van der Waals surface area contributed by atoms with Gasteiger partial charge in [0, 0.05) is 38.9 Å². The van der Waals surface area contributed by atoms with Crippen LogP contribution in [-0.2, 0) is 24.4 Å². The quantitative estimate of drug-likeness (QED) is 0.679. The maximum atomic E-state index is 12.6. The highest BCUT2D eigenvalue weighted by Gasteiger charge is 2.24. The first kappa shape index (κ1) is 17.5. The Balaban J connectivity index is 1.35. The fourth-order valence-electron chi connectivity index (χ4n) is 3.49. The highest BCUT2D eigenvalue weighted by atomic mass is 16.2. The molecule has 0 bridgehead atoms. The van der Waals surface area contributed by atoms with Crippen molar-refractivity contribution in [1.29, 1.82) is 0 Å². The van der Waals surface area contributed by atoms with Crippen LogP contribution in [0.15, 0.2) is 73.2 Å². The molecule has 1 aliphatic rings. The summed E-state index contributed by atoms with van der Waals surface area (Å²) in [5, 5.41) is 0. The van der Waals surface area contributed by atoms with Gasteiger partial charge in [0.25, 0.3) is 0 Å². The molecule has 0 aliphatic carbocycles. The number of imidazole rings is 1. The van der Waals surface area contributed by atoms with E-state index >= 15 is 0 Å². The van der Waals surface area contributed by atoms with Crippen molar-refractivity contribution in [2.75, 3.05) is 19.6 Å². The second kappa shape index (κ2) is 8.18. The first-order valence-electron chi connectivity index (χ1n) is 9.35. The molecule has 5 heteroatoms. The van der Waals surface area contributed by atoms with E-state index in [-0.39, 0.29) is 5.91 Å². The highest BCUT2D eigenvalue weighted by molar-refractivity contribution is 5.79. The normalized spacial score (nSPS) is 15.3. The Bertz CT molecular complexity index is 876. The molecule has 1 aromatic heterocycles. The number of benzene rings is 2. The smallest absolute Gasteiger partial charge is 0.237 e. The molecule has 138 valence electrons. The molecule has 1 amide bonds. The summed E-state index contributed by atoms with van der Waals surface area (Å²) < 4.78 is 2.16. The fourth-order valence-corrected chi connectivity index (χ4v) is 3.49. The summed E-state index contributed by atoms with van der Waals surface area (Å²) in [6, 6.07) is 20.6. The third-order valence-electron chi connectivity index (χ3n) is 4.99. The molecule has 2 aromatic carbocycles. The molecule has 0 saturated carbocycles. The average Bonchev–Trinajstić information content (AvgIpc) is 3.12. The maximum absolute atomic E-state index is 12.6. The predicted molar refractivity (Wildman–Crippen MR) is 105 cm³/mol. The summed E-state index contributed by atoms with van der Waals surface area (Å²) in [6.45, 7) is 4.36. The van der Waals surface area contributed by atoms with E-state index in [2.05, 4.69) is 50.8 Å². The monoisotopic (exact) mass is 360 g/mol. The highest BCUT2D eigenvalue weighted by Crippen LogP contribution is 2.13. The van der Waals surface area contributed by atoms with Gasteiger partial charge in [-0.25, -0.2) is 4.98 Å². The van der Waals surface area contributed by atoms with E-state index in [0.29, 0.717) is 13.1 Å². The summed E-state index contributed by atoms with van der Waals surface area (Å²) in [5.74, 6) is 0.194. The maximum Gasteiger partial charge on any atom is 0.237 e. The van der Waals surface area contributed by atoms with E-state index in [0.717, 1.165) is 31.9 Å². The van der Waals surface area contributed by atoms with Crippen LogP contribution in [0.3, 0.4) is 0 Å². The molecule has 0 radical (unpaired) electrons. The summed E-state index contributed by atoms with van der Waals surface area (Å²) in [4.78, 5) is 21.1. The summed E-state index contributed by atoms with van der Waals surface area (Å²) >= 11 is 0. The number of carbonyl (C=O) groups excluding carboxylic acids is 1. The Morgan fingerprint density at radius 1 is 0.815 bits per heavy atom. The Hall–Kier alpha value is -2.92. The largest absolute Gasteiger partial charge is 0.336 e. The molecular formula is C22H24N4O. The second-order valence-corrected chi connectivity index (χ2v) is 7.01. The van der Waals surface area contributed by atoms with Crippen LogP contribution in [0.1, 0.15) is 16.8 Å². The molecule has 1 fully saturated rings. The third-order valence-corrected chi connectivity index (χ3v) is 4.99. The Kier molecular flexibility index (Phi) is 5.30. The van der Waals surface area contributed by atoms with Gasteiger partial charge < -0.3 is 9.47 Å². The molecule has 0 spiro atoms. The Morgan fingerprint density at radius 2 is 1.48 bits per heavy atom. The van der Waals surface area contributed by atoms with Crippen LogP contribution in [0.2, 0.25) is 0 Å². The SMILES string of the molecule is O=C1CN(Cc2cncn2Cc2ccccc2)CCN1Cc1ccccc1. The lowest BCUT2D eigenvalue weighted by atomic mass is 10.2. The van der Waals surface area contributed by atoms with Crippen molar-refractivity contribution in [3.63, 3.8) is 0 Å². The first-order chi connectivity index (χ1) is 13.3. The molecule has 27 heavy (non-hydrogen) atoms. The van der Waals surface area contributed by atoms with E-state index in [9.17, 15) is 4.79 Å². The molecule has 4 rings (SSSR count). The van der Waals surface area contributed by atoms with E-state index in [1.807, 2.05) is 41.7 Å². The van der Waals surface area contributed by atoms with Gasteiger partial charge in [0.2, 0.25) is 5.91 Å². The van der Waals surface area contributed by atoms with Crippen LogP contribution in [0.5, 0.6) is 0 Å². The number of hydrogen-bond acceptors (Lipinski definition) is 3. The lowest BCUT2D eigenvalue weighted by Gasteiger charge is -2.34. The molecule has 3 aromatic rings. The minimum atomic E-state index is 0.194. The molecule has 1 aliphatic heterocycles. The minimum absolute atomic E-state index is 0.194. The lowest BCUT2D eigenvalue weighted by Crippen LogP contribution is -2.49. The summed E-state index contributed by atoms with van der Waals surface area (Å²) in [5.41, 5.74) is 3.57. The van der Waals surface area contributed by atoms with E-state index in [1.54, 1.807) is 0 Å². The zero-order valence-electron chi connectivity index (χ0n) is 15.4. The zero-order chi connectivity index (χ0) is 18.5. The molecule has 0 unspecified atom stereocenters. The first-order valence-corrected chi connectivity index (χ1v) is 9.35. The van der Waals surface area contributed by atoms with E-state index in [1.165, 1.54) is 11.1 Å². The zero-order valence-corrected chi connectivity index (χ0v) is 15.4. The fraction of sp³-hybridized carbons (Fsp3) is 0.273. The molecule has 0 atom stereocenters. The Labute approximate surface area is 159 Å². The van der Waals surface area contributed by atoms with Crippen LogP contribution in [0, 0.1) is 0 Å². The van der Waals surface area contributed by atoms with Crippen molar-refractivity contribution in [3.05, 3.63) is 90.0 Å². The van der Waals surface area contributed by atoms with Gasteiger partial charge in [-0.05, 0) is 11.1 Å². The standard InChI is InChI=1S/C22H24N4O/c27-22-17-24(11-12-25(22)14-19-7-3-1-4-8-19)16-21-13-23-18-26(21)15-20-9-5-2-6-10-20/h1-10,13,18H,11-12,14-17H2. The van der Waals surface area contributed by atoms with Gasteiger partial charge in [-0.2, -0.15) is 0 Å². The van der Waals surface area contributed by atoms with Crippen LogP contribution in [0.4, 0.5) is 0 Å². The van der Waals surface area contributed by atoms with Crippen LogP contribution >= 0.6 is 0 Å². The van der Waals surface area contributed by atoms with Gasteiger partial charge in [0.05, 0.1) is 18.6 Å². The number of hydrogen-bond donors (Lipinski definition) is 0. The molecule has 0 N–H and O–H groups in total. The molecule has 5 nitrogen and oxygen atoms in total. The molecule has 1 saturated heterocycles. The van der Waals surface area contributed by atoms with Crippen molar-refractivity contribution < 1.29 is 4.79 Å². The minimum Gasteiger partial charge on any atom is -0.336 e. The lowest BCUT2D eigenvalue weighted by molar-refractivity contribution is -0.136. The average molecular weight is 360 g/mol. The van der Waals surface area contributed by atoms with Gasteiger partial charge in [0.1, 0.15) is 0 Å². The molecule has 2 heterocycles. The van der Waals surface area contributed by atoms with Gasteiger partial charge in [-0.15, -0.1) is 0 Å². The van der Waals surface area contributed by atoms with Crippen LogP contribution < -0.4 is 0 Å². The summed E-state index contributed by atoms with van der Waals surface area (Å²) in [7, 11) is 0. The number of carbonyl (C=O) groups is 1. The van der Waals surface area contributed by atoms with Gasteiger partial charge in [0.15, 0.2) is 0 Å². The number of amides is 1. The van der Waals surface area contributed by atoms with Crippen molar-refractivity contribution in [1.82, 2.24) is 19.4 Å². The van der Waals surface area contributed by atoms with Crippen LogP contribution in [-0.4, -0.2) is 44.9 Å².